The summed E-state index contributed by atoms with van der Waals surface area (Å²) in [6, 6.07) is 3.47. The number of hydrogen-bond acceptors (Lipinski definition) is 5. The van der Waals surface area contributed by atoms with Gasteiger partial charge in [0.15, 0.2) is 6.10 Å². The summed E-state index contributed by atoms with van der Waals surface area (Å²) < 4.78 is 33.9. The van der Waals surface area contributed by atoms with Gasteiger partial charge in [-0.2, -0.15) is 4.31 Å². The zero-order valence-electron chi connectivity index (χ0n) is 19.1. The van der Waals surface area contributed by atoms with E-state index in [-0.39, 0.29) is 22.6 Å². The summed E-state index contributed by atoms with van der Waals surface area (Å²) in [5, 5.41) is 2.75. The predicted octanol–water partition coefficient (Wildman–Crippen LogP) is 2.91. The van der Waals surface area contributed by atoms with Crippen LogP contribution in [0.2, 0.25) is 0 Å². The SMILES string of the molecule is CCC1CCCCN1C(=O)C1CCN(S(=O)(=O)c2cc3c(cc2C)NC(=O)C(C)O3)CC1. The summed E-state index contributed by atoms with van der Waals surface area (Å²) in [6.45, 7) is 6.94. The van der Waals surface area contributed by atoms with E-state index in [1.54, 1.807) is 19.9 Å². The second-order valence-corrected chi connectivity index (χ2v) is 11.0. The van der Waals surface area contributed by atoms with Gasteiger partial charge in [0, 0.05) is 37.7 Å². The maximum Gasteiger partial charge on any atom is 0.265 e. The fourth-order valence-corrected chi connectivity index (χ4v) is 6.74. The van der Waals surface area contributed by atoms with Gasteiger partial charge in [0.2, 0.25) is 15.9 Å². The Balaban J connectivity index is 1.47. The van der Waals surface area contributed by atoms with Crippen LogP contribution in [0.5, 0.6) is 5.75 Å². The Labute approximate surface area is 190 Å². The number of likely N-dealkylation sites (tertiary alicyclic amines) is 1. The molecule has 0 aromatic heterocycles. The first kappa shape index (κ1) is 23.0. The normalized spacial score (nSPS) is 25.1. The number of rotatable bonds is 4. The first-order chi connectivity index (χ1) is 15.2. The van der Waals surface area contributed by atoms with E-state index in [9.17, 15) is 18.0 Å². The van der Waals surface area contributed by atoms with Crippen LogP contribution in [-0.2, 0) is 19.6 Å². The molecule has 1 N–H and O–H groups in total. The number of nitrogens with one attached hydrogen (secondary N) is 1. The van der Waals surface area contributed by atoms with Gasteiger partial charge in [0.25, 0.3) is 5.91 Å². The van der Waals surface area contributed by atoms with Crippen LogP contribution < -0.4 is 10.1 Å². The summed E-state index contributed by atoms with van der Waals surface area (Å²) in [6.07, 6.45) is 4.66. The molecule has 3 aliphatic rings. The lowest BCUT2D eigenvalue weighted by Gasteiger charge is -2.39. The van der Waals surface area contributed by atoms with E-state index < -0.39 is 16.1 Å². The molecule has 2 amide bonds. The molecule has 2 unspecified atom stereocenters. The lowest BCUT2D eigenvalue weighted by molar-refractivity contribution is -0.140. The van der Waals surface area contributed by atoms with Crippen molar-refractivity contribution in [2.24, 2.45) is 5.92 Å². The van der Waals surface area contributed by atoms with Gasteiger partial charge in [0.05, 0.1) is 10.6 Å². The van der Waals surface area contributed by atoms with Crippen molar-refractivity contribution in [2.45, 2.75) is 76.3 Å². The third-order valence-corrected chi connectivity index (χ3v) is 9.05. The number of ether oxygens (including phenoxy) is 1. The summed E-state index contributed by atoms with van der Waals surface area (Å²) in [5.41, 5.74) is 1.04. The Hall–Kier alpha value is -2.13. The number of fused-ring (bicyclic) bond motifs is 1. The molecule has 3 heterocycles. The number of carbonyl (C=O) groups is 2. The zero-order valence-corrected chi connectivity index (χ0v) is 19.9. The third-order valence-electron chi connectivity index (χ3n) is 7.01. The monoisotopic (exact) mass is 463 g/mol. The van der Waals surface area contributed by atoms with E-state index in [1.807, 2.05) is 4.90 Å². The number of benzene rings is 1. The first-order valence-corrected chi connectivity index (χ1v) is 13.1. The van der Waals surface area contributed by atoms with Crippen molar-refractivity contribution in [2.75, 3.05) is 25.0 Å². The Bertz CT molecular complexity index is 1000. The second-order valence-electron chi connectivity index (χ2n) is 9.13. The number of hydrogen-bond donors (Lipinski definition) is 1. The Morgan fingerprint density at radius 2 is 1.88 bits per heavy atom. The number of carbonyl (C=O) groups excluding carboxylic acids is 2. The Morgan fingerprint density at radius 3 is 2.56 bits per heavy atom. The van der Waals surface area contributed by atoms with Gasteiger partial charge in [0.1, 0.15) is 5.75 Å². The van der Waals surface area contributed by atoms with Crippen LogP contribution in [0.4, 0.5) is 5.69 Å². The molecule has 0 spiro atoms. The van der Waals surface area contributed by atoms with Crippen LogP contribution in [0.25, 0.3) is 0 Å². The minimum atomic E-state index is -3.73. The van der Waals surface area contributed by atoms with Crippen molar-refractivity contribution in [3.8, 4) is 5.75 Å². The molecular formula is C23H33N3O5S. The van der Waals surface area contributed by atoms with Crippen LogP contribution in [0.1, 0.15) is 57.9 Å². The molecule has 2 saturated heterocycles. The van der Waals surface area contributed by atoms with E-state index in [0.717, 1.165) is 25.8 Å². The highest BCUT2D eigenvalue weighted by Gasteiger charge is 2.37. The van der Waals surface area contributed by atoms with Gasteiger partial charge < -0.3 is 15.0 Å². The fraction of sp³-hybridized carbons (Fsp3) is 0.652. The molecule has 0 radical (unpaired) electrons. The van der Waals surface area contributed by atoms with Crippen molar-refractivity contribution in [3.05, 3.63) is 17.7 Å². The number of anilines is 1. The van der Waals surface area contributed by atoms with Crippen LogP contribution in [0, 0.1) is 12.8 Å². The summed E-state index contributed by atoms with van der Waals surface area (Å²) in [7, 11) is -3.73. The summed E-state index contributed by atoms with van der Waals surface area (Å²) in [4.78, 5) is 27.2. The number of amides is 2. The smallest absolute Gasteiger partial charge is 0.265 e. The van der Waals surface area contributed by atoms with Gasteiger partial charge in [-0.25, -0.2) is 8.42 Å². The van der Waals surface area contributed by atoms with Crippen molar-refractivity contribution in [1.29, 1.82) is 0 Å². The van der Waals surface area contributed by atoms with E-state index in [1.165, 1.54) is 16.8 Å². The first-order valence-electron chi connectivity index (χ1n) is 11.6. The van der Waals surface area contributed by atoms with Crippen LogP contribution in [0.3, 0.4) is 0 Å². The molecule has 4 rings (SSSR count). The molecule has 0 aliphatic carbocycles. The lowest BCUT2D eigenvalue weighted by Crippen LogP contribution is -2.49. The number of piperidine rings is 2. The molecule has 9 heteroatoms. The van der Waals surface area contributed by atoms with Gasteiger partial charge >= 0.3 is 0 Å². The molecule has 2 fully saturated rings. The summed E-state index contributed by atoms with van der Waals surface area (Å²) >= 11 is 0. The van der Waals surface area contributed by atoms with Gasteiger partial charge in [-0.1, -0.05) is 6.92 Å². The van der Waals surface area contributed by atoms with Crippen LogP contribution in [-0.4, -0.2) is 61.2 Å². The van der Waals surface area contributed by atoms with Crippen molar-refractivity contribution >= 4 is 27.5 Å². The highest BCUT2D eigenvalue weighted by Crippen LogP contribution is 2.36. The molecule has 8 nitrogen and oxygen atoms in total. The van der Waals surface area contributed by atoms with Gasteiger partial charge in [-0.05, 0) is 64.0 Å². The molecule has 0 saturated carbocycles. The number of aryl methyl sites for hydroxylation is 1. The predicted molar refractivity (Wildman–Crippen MR) is 121 cm³/mol. The Morgan fingerprint density at radius 1 is 1.16 bits per heavy atom. The maximum absolute atomic E-state index is 13.4. The molecule has 1 aromatic carbocycles. The average molecular weight is 464 g/mol. The van der Waals surface area contributed by atoms with Gasteiger partial charge in [-0.15, -0.1) is 0 Å². The third kappa shape index (κ3) is 4.24. The highest BCUT2D eigenvalue weighted by atomic mass is 32.2. The molecular weight excluding hydrogens is 430 g/mol. The topological polar surface area (TPSA) is 96.0 Å². The van der Waals surface area contributed by atoms with Crippen molar-refractivity contribution in [3.63, 3.8) is 0 Å². The van der Waals surface area contributed by atoms with Crippen molar-refractivity contribution < 1.29 is 22.7 Å². The minimum absolute atomic E-state index is 0.113. The van der Waals surface area contributed by atoms with Crippen LogP contribution >= 0.6 is 0 Å². The lowest BCUT2D eigenvalue weighted by atomic mass is 9.92. The molecule has 0 bridgehead atoms. The highest BCUT2D eigenvalue weighted by molar-refractivity contribution is 7.89. The fourth-order valence-electron chi connectivity index (χ4n) is 5.05. The average Bonchev–Trinajstić information content (AvgIpc) is 2.79. The molecule has 2 atom stereocenters. The standard InChI is InChI=1S/C23H33N3O5S/c1-4-18-7-5-6-10-26(18)23(28)17-8-11-25(12-9-17)32(29,30)21-14-20-19(13-15(21)2)24-22(27)16(3)31-20/h13-14,16-18H,4-12H2,1-3H3,(H,24,27). The molecule has 3 aliphatic heterocycles. The number of nitrogens with zero attached hydrogens (tertiary/aromatic N) is 2. The second kappa shape index (κ2) is 9.02. The zero-order chi connectivity index (χ0) is 23.0. The number of sulfonamides is 1. The van der Waals surface area contributed by atoms with E-state index >= 15 is 0 Å². The molecule has 32 heavy (non-hydrogen) atoms. The van der Waals surface area contributed by atoms with E-state index in [4.69, 9.17) is 4.74 Å². The van der Waals surface area contributed by atoms with Crippen molar-refractivity contribution in [1.82, 2.24) is 9.21 Å². The maximum atomic E-state index is 13.4. The van der Waals surface area contributed by atoms with Crippen LogP contribution in [0.15, 0.2) is 17.0 Å². The Kier molecular flexibility index (Phi) is 6.49. The molecule has 176 valence electrons. The van der Waals surface area contributed by atoms with Gasteiger partial charge in [-0.3, -0.25) is 9.59 Å². The molecule has 1 aromatic rings. The quantitative estimate of drug-likeness (QED) is 0.741. The summed E-state index contributed by atoms with van der Waals surface area (Å²) in [5.74, 6) is 0.189. The minimum Gasteiger partial charge on any atom is -0.479 e. The van der Waals surface area contributed by atoms with E-state index in [2.05, 4.69) is 12.2 Å². The largest absolute Gasteiger partial charge is 0.479 e. The van der Waals surface area contributed by atoms with E-state index in [0.29, 0.717) is 49.0 Å².